The molecule has 12 heteroatoms. The average molecular weight is 496 g/mol. The smallest absolute Gasteiger partial charge is 0.342 e. The van der Waals surface area contributed by atoms with Gasteiger partial charge in [0.25, 0.3) is 0 Å². The van der Waals surface area contributed by atoms with Gasteiger partial charge in [-0.2, -0.15) is 0 Å². The van der Waals surface area contributed by atoms with E-state index in [-0.39, 0.29) is 37.2 Å². The number of hydrogen-bond donors (Lipinski definition) is 5. The molecule has 2 unspecified atom stereocenters. The molecule has 1 aromatic carbocycles. The Hall–Kier alpha value is -3.19. The van der Waals surface area contributed by atoms with E-state index in [1.807, 2.05) is 0 Å². The number of rotatable bonds is 9. The summed E-state index contributed by atoms with van der Waals surface area (Å²) in [5, 5.41) is 48.8. The molecule has 35 heavy (non-hydrogen) atoms. The van der Waals surface area contributed by atoms with E-state index in [0.717, 1.165) is 5.57 Å². The van der Waals surface area contributed by atoms with E-state index in [2.05, 4.69) is 0 Å². The SMILES string of the molecule is COc1c(C)c2c(c(O[C@@H]3OC(C(=O)O)[C@@H](O)[C@H](O)C3O)c1C/C=C(\C)CCC(=O)O)C(=O)OC2. The van der Waals surface area contributed by atoms with Gasteiger partial charge in [-0.05, 0) is 32.3 Å². The molecule has 0 aliphatic carbocycles. The first-order valence-corrected chi connectivity index (χ1v) is 10.8. The van der Waals surface area contributed by atoms with Crippen molar-refractivity contribution in [2.24, 2.45) is 0 Å². The number of carboxylic acids is 2. The number of hydrogen-bond acceptors (Lipinski definition) is 10. The van der Waals surface area contributed by atoms with Crippen molar-refractivity contribution < 1.29 is 58.9 Å². The number of methoxy groups -OCH3 is 1. The number of cyclic esters (lactones) is 1. The lowest BCUT2D eigenvalue weighted by atomic mass is 9.94. The molecule has 5 atom stereocenters. The number of aliphatic hydroxyl groups is 3. The van der Waals surface area contributed by atoms with Gasteiger partial charge in [-0.25, -0.2) is 9.59 Å². The molecular weight excluding hydrogens is 468 g/mol. The highest BCUT2D eigenvalue weighted by molar-refractivity contribution is 5.98. The highest BCUT2D eigenvalue weighted by Gasteiger charge is 2.49. The van der Waals surface area contributed by atoms with Gasteiger partial charge in [-0.3, -0.25) is 4.79 Å². The van der Waals surface area contributed by atoms with Crippen LogP contribution in [0.5, 0.6) is 11.5 Å². The zero-order chi connectivity index (χ0) is 26.0. The van der Waals surface area contributed by atoms with E-state index < -0.39 is 48.6 Å². The monoisotopic (exact) mass is 496 g/mol. The number of carbonyl (C=O) groups excluding carboxylic acids is 1. The lowest BCUT2D eigenvalue weighted by Gasteiger charge is -2.39. The number of aliphatic hydroxyl groups excluding tert-OH is 3. The van der Waals surface area contributed by atoms with Gasteiger partial charge in [-0.15, -0.1) is 0 Å². The quantitative estimate of drug-likeness (QED) is 0.233. The number of allylic oxidation sites excluding steroid dienone is 2. The first kappa shape index (κ1) is 26.4. The van der Waals surface area contributed by atoms with Crippen LogP contribution in [0.25, 0.3) is 0 Å². The first-order valence-electron chi connectivity index (χ1n) is 10.8. The molecule has 5 N–H and O–H groups in total. The van der Waals surface area contributed by atoms with Crippen molar-refractivity contribution in [3.05, 3.63) is 33.9 Å². The standard InChI is InChI=1S/C23H28O12/c1-9(5-7-13(24)25)4-6-11-18(32-3)10(2)12-8-33-22(31)14(12)19(11)34-23-17(28)15(26)16(27)20(35-23)21(29)30/h4,15-17,20,23,26-28H,5-8H2,1-3H3,(H,24,25)(H,29,30)/b9-4+/t15-,16-,17?,20?,23+/m0/s1. The van der Waals surface area contributed by atoms with E-state index >= 15 is 0 Å². The normalized spacial score (nSPS) is 26.2. The molecule has 0 amide bonds. The van der Waals surface area contributed by atoms with E-state index in [1.165, 1.54) is 7.11 Å². The zero-order valence-electron chi connectivity index (χ0n) is 19.4. The molecule has 192 valence electrons. The zero-order valence-corrected chi connectivity index (χ0v) is 19.4. The van der Waals surface area contributed by atoms with Gasteiger partial charge < -0.3 is 44.5 Å². The van der Waals surface area contributed by atoms with Crippen molar-refractivity contribution in [1.29, 1.82) is 0 Å². The molecule has 1 saturated heterocycles. The van der Waals surface area contributed by atoms with Gasteiger partial charge >= 0.3 is 17.9 Å². The summed E-state index contributed by atoms with van der Waals surface area (Å²) in [5.41, 5.74) is 2.22. The Morgan fingerprint density at radius 3 is 2.37 bits per heavy atom. The van der Waals surface area contributed by atoms with Crippen molar-refractivity contribution in [1.82, 2.24) is 0 Å². The Labute approximate surface area is 200 Å². The molecule has 0 aromatic heterocycles. The van der Waals surface area contributed by atoms with Crippen LogP contribution >= 0.6 is 0 Å². The predicted octanol–water partition coefficient (Wildman–Crippen LogP) is 0.299. The fourth-order valence-electron chi connectivity index (χ4n) is 4.09. The Kier molecular flexibility index (Phi) is 8.00. The van der Waals surface area contributed by atoms with E-state index in [9.17, 15) is 34.8 Å². The summed E-state index contributed by atoms with van der Waals surface area (Å²) in [5.74, 6) is -2.99. The summed E-state index contributed by atoms with van der Waals surface area (Å²) < 4.78 is 21.8. The second kappa shape index (κ2) is 10.6. The molecule has 1 fully saturated rings. The maximum absolute atomic E-state index is 12.6. The minimum atomic E-state index is -1.91. The Bertz CT molecular complexity index is 1050. The van der Waals surface area contributed by atoms with Crippen molar-refractivity contribution >= 4 is 17.9 Å². The van der Waals surface area contributed by atoms with Crippen molar-refractivity contribution in [2.75, 3.05) is 7.11 Å². The largest absolute Gasteiger partial charge is 0.496 e. The summed E-state index contributed by atoms with van der Waals surface area (Å²) in [6.45, 7) is 3.40. The molecule has 0 radical (unpaired) electrons. The highest BCUT2D eigenvalue weighted by atomic mass is 16.7. The predicted molar refractivity (Wildman–Crippen MR) is 116 cm³/mol. The second-order valence-electron chi connectivity index (χ2n) is 8.40. The van der Waals surface area contributed by atoms with Crippen molar-refractivity contribution in [3.8, 4) is 11.5 Å². The summed E-state index contributed by atoms with van der Waals surface area (Å²) in [6.07, 6.45) is -7.23. The fourth-order valence-corrected chi connectivity index (χ4v) is 4.09. The van der Waals surface area contributed by atoms with Crippen LogP contribution in [0.4, 0.5) is 0 Å². The third kappa shape index (κ3) is 5.25. The summed E-state index contributed by atoms with van der Waals surface area (Å²) >= 11 is 0. The van der Waals surface area contributed by atoms with Crippen LogP contribution in [-0.2, 0) is 32.1 Å². The van der Waals surface area contributed by atoms with Gasteiger partial charge in [0, 0.05) is 17.5 Å². The number of benzene rings is 1. The average Bonchev–Trinajstić information content (AvgIpc) is 3.19. The Morgan fingerprint density at radius 1 is 1.09 bits per heavy atom. The number of fused-ring (bicyclic) bond motifs is 1. The molecular formula is C23H28O12. The van der Waals surface area contributed by atoms with Crippen molar-refractivity contribution in [2.45, 2.75) is 70.4 Å². The minimum absolute atomic E-state index is 0.0400. The number of carbonyl (C=O) groups is 3. The Balaban J connectivity index is 2.07. The third-order valence-electron chi connectivity index (χ3n) is 6.06. The molecule has 0 spiro atoms. The third-order valence-corrected chi connectivity index (χ3v) is 6.06. The van der Waals surface area contributed by atoms with Crippen LogP contribution in [0.1, 0.15) is 46.8 Å². The molecule has 2 aliphatic heterocycles. The van der Waals surface area contributed by atoms with E-state index in [4.69, 9.17) is 24.1 Å². The van der Waals surface area contributed by atoms with Crippen molar-refractivity contribution in [3.63, 3.8) is 0 Å². The van der Waals surface area contributed by atoms with E-state index in [1.54, 1.807) is 19.9 Å². The number of carboxylic acid groups (broad SMARTS) is 2. The molecule has 2 aliphatic rings. The fraction of sp³-hybridized carbons (Fsp3) is 0.522. The molecule has 3 rings (SSSR count). The van der Waals surface area contributed by atoms with E-state index in [0.29, 0.717) is 22.4 Å². The van der Waals surface area contributed by atoms with Gasteiger partial charge in [-0.1, -0.05) is 11.6 Å². The maximum atomic E-state index is 12.6. The lowest BCUT2D eigenvalue weighted by molar-refractivity contribution is -0.271. The topological polar surface area (TPSA) is 189 Å². The van der Waals surface area contributed by atoms with Crippen LogP contribution < -0.4 is 9.47 Å². The van der Waals surface area contributed by atoms with Crippen LogP contribution in [0.3, 0.4) is 0 Å². The number of ether oxygens (including phenoxy) is 4. The molecule has 0 saturated carbocycles. The molecule has 12 nitrogen and oxygen atoms in total. The van der Waals surface area contributed by atoms with Gasteiger partial charge in [0.2, 0.25) is 6.29 Å². The number of aliphatic carboxylic acids is 2. The minimum Gasteiger partial charge on any atom is -0.496 e. The van der Waals surface area contributed by atoms with Gasteiger partial charge in [0.05, 0.1) is 7.11 Å². The lowest BCUT2D eigenvalue weighted by Crippen LogP contribution is -2.61. The van der Waals surface area contributed by atoms with Crippen LogP contribution in [0, 0.1) is 6.92 Å². The highest BCUT2D eigenvalue weighted by Crippen LogP contribution is 2.44. The molecule has 2 heterocycles. The van der Waals surface area contributed by atoms with Gasteiger partial charge in [0.15, 0.2) is 6.10 Å². The first-order chi connectivity index (χ1) is 16.5. The summed E-state index contributed by atoms with van der Waals surface area (Å²) in [4.78, 5) is 35.0. The van der Waals surface area contributed by atoms with Crippen LogP contribution in [0.2, 0.25) is 0 Å². The summed E-state index contributed by atoms with van der Waals surface area (Å²) in [7, 11) is 1.41. The summed E-state index contributed by atoms with van der Waals surface area (Å²) in [6, 6.07) is 0. The maximum Gasteiger partial charge on any atom is 0.342 e. The van der Waals surface area contributed by atoms with Crippen LogP contribution in [-0.4, -0.2) is 81.3 Å². The van der Waals surface area contributed by atoms with Gasteiger partial charge in [0.1, 0.15) is 42.0 Å². The molecule has 0 bridgehead atoms. The Morgan fingerprint density at radius 2 is 1.77 bits per heavy atom. The molecule has 1 aromatic rings. The second-order valence-corrected chi connectivity index (χ2v) is 8.40. The van der Waals surface area contributed by atoms with Crippen LogP contribution in [0.15, 0.2) is 11.6 Å². The number of esters is 1.